The first-order chi connectivity index (χ1) is 13.9. The van der Waals surface area contributed by atoms with Gasteiger partial charge in [0.2, 0.25) is 6.79 Å². The number of rotatable bonds is 5. The normalized spacial score (nSPS) is 12.1. The van der Waals surface area contributed by atoms with Crippen molar-refractivity contribution in [2.75, 3.05) is 12.1 Å². The summed E-state index contributed by atoms with van der Waals surface area (Å²) in [7, 11) is 0. The molecule has 0 saturated carbocycles. The zero-order valence-electron chi connectivity index (χ0n) is 14.8. The molecule has 0 amide bonds. The summed E-state index contributed by atoms with van der Waals surface area (Å²) in [6, 6.07) is 13.4. The Bertz CT molecular complexity index is 1110. The summed E-state index contributed by atoms with van der Waals surface area (Å²) in [6.45, 7) is 0.871. The van der Waals surface area contributed by atoms with E-state index in [1.807, 2.05) is 42.5 Å². The van der Waals surface area contributed by atoms with Crippen LogP contribution < -0.4 is 14.8 Å². The minimum Gasteiger partial charge on any atom is -0.454 e. The molecule has 1 aliphatic heterocycles. The van der Waals surface area contributed by atoms with Gasteiger partial charge in [-0.2, -0.15) is 5.10 Å². The third-order valence-corrected chi connectivity index (χ3v) is 4.39. The molecule has 0 saturated heterocycles. The van der Waals surface area contributed by atoms with E-state index in [4.69, 9.17) is 9.47 Å². The molecule has 28 heavy (non-hydrogen) atoms. The molecule has 0 aliphatic carbocycles. The van der Waals surface area contributed by atoms with E-state index < -0.39 is 0 Å². The molecule has 0 unspecified atom stereocenters. The minimum absolute atomic E-state index is 0.236. The number of aromatic amines is 1. The average molecular weight is 372 g/mol. The zero-order valence-corrected chi connectivity index (χ0v) is 14.8. The van der Waals surface area contributed by atoms with E-state index in [0.717, 1.165) is 28.3 Å². The topological polar surface area (TPSA) is 97.8 Å². The Morgan fingerprint density at radius 3 is 2.82 bits per heavy atom. The summed E-state index contributed by atoms with van der Waals surface area (Å²) in [5.41, 5.74) is 2.81. The lowest BCUT2D eigenvalue weighted by molar-refractivity contribution is 0.174. The molecule has 1 aromatic carbocycles. The Morgan fingerprint density at radius 1 is 1.00 bits per heavy atom. The standard InChI is InChI=1S/C20H16N6O2/c1-2-15(19(22-7-1)23-11-13-5-8-21-9-6-13)20-24-18(25-26-20)14-3-4-16-17(10-14)28-12-27-16/h1-10H,11-12H2,(H,22,23)(H,24,25,26). The number of ether oxygens (including phenoxy) is 2. The van der Waals surface area contributed by atoms with Gasteiger partial charge in [-0.25, -0.2) is 9.97 Å². The molecule has 0 fully saturated rings. The highest BCUT2D eigenvalue weighted by Gasteiger charge is 2.17. The molecular formula is C20H16N6O2. The van der Waals surface area contributed by atoms with Gasteiger partial charge in [-0.15, -0.1) is 0 Å². The number of fused-ring (bicyclic) bond motifs is 1. The number of benzene rings is 1. The molecule has 8 nitrogen and oxygen atoms in total. The predicted molar refractivity (Wildman–Crippen MR) is 103 cm³/mol. The molecule has 8 heteroatoms. The first-order valence-corrected chi connectivity index (χ1v) is 8.77. The van der Waals surface area contributed by atoms with Crippen molar-refractivity contribution in [2.24, 2.45) is 0 Å². The predicted octanol–water partition coefficient (Wildman–Crippen LogP) is 3.27. The fourth-order valence-corrected chi connectivity index (χ4v) is 2.97. The van der Waals surface area contributed by atoms with Crippen molar-refractivity contribution in [1.29, 1.82) is 0 Å². The van der Waals surface area contributed by atoms with Gasteiger partial charge in [0.15, 0.2) is 23.1 Å². The molecule has 0 atom stereocenters. The molecule has 1 aliphatic rings. The second kappa shape index (κ2) is 6.99. The third kappa shape index (κ3) is 3.11. The summed E-state index contributed by atoms with van der Waals surface area (Å²) in [5.74, 6) is 3.38. The Balaban J connectivity index is 1.41. The van der Waals surface area contributed by atoms with E-state index in [-0.39, 0.29) is 6.79 Å². The number of anilines is 1. The Labute approximate surface area is 160 Å². The lowest BCUT2D eigenvalue weighted by atomic mass is 10.2. The Kier molecular flexibility index (Phi) is 4.06. The minimum atomic E-state index is 0.236. The first kappa shape index (κ1) is 16.2. The number of pyridine rings is 2. The molecule has 4 aromatic rings. The summed E-state index contributed by atoms with van der Waals surface area (Å²) < 4.78 is 10.8. The molecule has 0 bridgehead atoms. The largest absolute Gasteiger partial charge is 0.454 e. The summed E-state index contributed by atoms with van der Waals surface area (Å²) in [4.78, 5) is 13.1. The number of hydrogen-bond donors (Lipinski definition) is 2. The number of H-pyrrole nitrogens is 1. The molecular weight excluding hydrogens is 356 g/mol. The van der Waals surface area contributed by atoms with Gasteiger partial charge in [-0.05, 0) is 48.0 Å². The zero-order chi connectivity index (χ0) is 18.8. The van der Waals surface area contributed by atoms with Crippen LogP contribution in [0.1, 0.15) is 5.56 Å². The summed E-state index contributed by atoms with van der Waals surface area (Å²) >= 11 is 0. The first-order valence-electron chi connectivity index (χ1n) is 8.77. The van der Waals surface area contributed by atoms with Crippen molar-refractivity contribution in [2.45, 2.75) is 6.54 Å². The SMILES string of the molecule is c1cnc(NCc2ccncc2)c(-c2nc(-c3ccc4c(c3)OCO4)n[nH]2)c1. The van der Waals surface area contributed by atoms with Crippen molar-refractivity contribution >= 4 is 5.82 Å². The Morgan fingerprint density at radius 2 is 1.89 bits per heavy atom. The number of nitrogens with one attached hydrogen (secondary N) is 2. The van der Waals surface area contributed by atoms with Gasteiger partial charge in [-0.3, -0.25) is 10.1 Å². The highest BCUT2D eigenvalue weighted by molar-refractivity contribution is 5.71. The smallest absolute Gasteiger partial charge is 0.231 e. The number of hydrogen-bond acceptors (Lipinski definition) is 7. The van der Waals surface area contributed by atoms with Crippen molar-refractivity contribution in [1.82, 2.24) is 25.1 Å². The monoisotopic (exact) mass is 372 g/mol. The summed E-state index contributed by atoms with van der Waals surface area (Å²) in [6.07, 6.45) is 5.28. The van der Waals surface area contributed by atoms with Gasteiger partial charge >= 0.3 is 0 Å². The molecule has 3 aromatic heterocycles. The van der Waals surface area contributed by atoms with Gasteiger partial charge in [0.25, 0.3) is 0 Å². The van der Waals surface area contributed by atoms with Crippen LogP contribution in [0.25, 0.3) is 22.8 Å². The van der Waals surface area contributed by atoms with Gasteiger partial charge in [0, 0.05) is 30.7 Å². The van der Waals surface area contributed by atoms with Crippen LogP contribution in [0.5, 0.6) is 11.5 Å². The van der Waals surface area contributed by atoms with Crippen LogP contribution in [0.15, 0.2) is 61.1 Å². The average Bonchev–Trinajstić information content (AvgIpc) is 3.42. The molecule has 2 N–H and O–H groups in total. The maximum Gasteiger partial charge on any atom is 0.231 e. The van der Waals surface area contributed by atoms with Crippen molar-refractivity contribution in [3.8, 4) is 34.3 Å². The van der Waals surface area contributed by atoms with E-state index in [1.165, 1.54) is 0 Å². The van der Waals surface area contributed by atoms with Crippen LogP contribution in [0.3, 0.4) is 0 Å². The molecule has 0 radical (unpaired) electrons. The van der Waals surface area contributed by atoms with Crippen molar-refractivity contribution in [3.63, 3.8) is 0 Å². The van der Waals surface area contributed by atoms with E-state index in [2.05, 4.69) is 30.5 Å². The molecule has 0 spiro atoms. The van der Waals surface area contributed by atoms with E-state index >= 15 is 0 Å². The fourth-order valence-electron chi connectivity index (χ4n) is 2.97. The van der Waals surface area contributed by atoms with Crippen LogP contribution in [0, 0.1) is 0 Å². The molecule has 138 valence electrons. The third-order valence-electron chi connectivity index (χ3n) is 4.39. The van der Waals surface area contributed by atoms with Crippen LogP contribution >= 0.6 is 0 Å². The lowest BCUT2D eigenvalue weighted by Gasteiger charge is -2.09. The lowest BCUT2D eigenvalue weighted by Crippen LogP contribution is -2.03. The van der Waals surface area contributed by atoms with E-state index in [0.29, 0.717) is 23.9 Å². The maximum absolute atomic E-state index is 5.43. The van der Waals surface area contributed by atoms with E-state index in [9.17, 15) is 0 Å². The van der Waals surface area contributed by atoms with E-state index in [1.54, 1.807) is 18.6 Å². The second-order valence-electron chi connectivity index (χ2n) is 6.18. The van der Waals surface area contributed by atoms with Gasteiger partial charge < -0.3 is 14.8 Å². The van der Waals surface area contributed by atoms with Gasteiger partial charge in [0.1, 0.15) is 5.82 Å². The quantitative estimate of drug-likeness (QED) is 0.555. The van der Waals surface area contributed by atoms with Gasteiger partial charge in [0.05, 0.1) is 5.56 Å². The van der Waals surface area contributed by atoms with Crippen molar-refractivity contribution in [3.05, 3.63) is 66.6 Å². The molecule has 4 heterocycles. The van der Waals surface area contributed by atoms with Crippen LogP contribution in [-0.4, -0.2) is 31.9 Å². The number of aromatic nitrogens is 5. The van der Waals surface area contributed by atoms with Crippen LogP contribution in [-0.2, 0) is 6.54 Å². The summed E-state index contributed by atoms with van der Waals surface area (Å²) in [5, 5.41) is 10.7. The van der Waals surface area contributed by atoms with Gasteiger partial charge in [-0.1, -0.05) is 0 Å². The van der Waals surface area contributed by atoms with Crippen LogP contribution in [0.4, 0.5) is 5.82 Å². The fraction of sp³-hybridized carbons (Fsp3) is 0.100. The molecule has 5 rings (SSSR count). The Hall–Kier alpha value is -3.94. The highest BCUT2D eigenvalue weighted by Crippen LogP contribution is 2.35. The van der Waals surface area contributed by atoms with Crippen LogP contribution in [0.2, 0.25) is 0 Å². The van der Waals surface area contributed by atoms with Crippen molar-refractivity contribution < 1.29 is 9.47 Å². The number of nitrogens with zero attached hydrogens (tertiary/aromatic N) is 4. The second-order valence-corrected chi connectivity index (χ2v) is 6.18. The maximum atomic E-state index is 5.43. The highest BCUT2D eigenvalue weighted by atomic mass is 16.7.